The molecule has 1 aromatic heterocycles. The molecule has 1 fully saturated rings. The molecule has 1 saturated heterocycles. The Kier molecular flexibility index (Phi) is 5.89. The Balaban J connectivity index is 1.65. The molecule has 8 nitrogen and oxygen atoms in total. The number of hydrogen-bond donors (Lipinski definition) is 3. The molecule has 0 spiro atoms. The molecule has 0 bridgehead atoms. The molecule has 1 aliphatic heterocycles. The number of anilines is 1. The van der Waals surface area contributed by atoms with Gasteiger partial charge in [0.25, 0.3) is 0 Å². The molecule has 1 aliphatic rings. The van der Waals surface area contributed by atoms with Crippen molar-refractivity contribution in [3.05, 3.63) is 30.1 Å². The summed E-state index contributed by atoms with van der Waals surface area (Å²) in [7, 11) is 0. The number of amides is 2. The molecule has 0 aliphatic carbocycles. The SMILES string of the molecule is CCCC(=O)N1CSCC1C(=O)Nc1ccc(-c2n[nH]c(CN)n2)cc1. The van der Waals surface area contributed by atoms with Gasteiger partial charge in [-0.25, -0.2) is 4.98 Å². The Hall–Kier alpha value is -2.39. The fraction of sp³-hybridized carbons (Fsp3) is 0.412. The molecule has 1 unspecified atom stereocenters. The predicted octanol–water partition coefficient (Wildman–Crippen LogP) is 1.57. The number of rotatable bonds is 6. The van der Waals surface area contributed by atoms with Crippen molar-refractivity contribution in [3.63, 3.8) is 0 Å². The van der Waals surface area contributed by atoms with Gasteiger partial charge in [-0.15, -0.1) is 11.8 Å². The standard InChI is InChI=1S/C17H22N6O2S/c1-2-3-15(24)23-10-26-9-13(23)17(25)19-12-6-4-11(5-7-12)16-20-14(8-18)21-22-16/h4-7,13H,2-3,8-10,18H2,1H3,(H,19,25)(H,20,21,22). The summed E-state index contributed by atoms with van der Waals surface area (Å²) in [6, 6.07) is 6.85. The number of benzene rings is 1. The lowest BCUT2D eigenvalue weighted by molar-refractivity contribution is -0.136. The third-order valence-electron chi connectivity index (χ3n) is 4.10. The first kappa shape index (κ1) is 18.4. The van der Waals surface area contributed by atoms with Crippen molar-refractivity contribution in [1.29, 1.82) is 0 Å². The third kappa shape index (κ3) is 4.05. The summed E-state index contributed by atoms with van der Waals surface area (Å²) in [6.07, 6.45) is 1.25. The summed E-state index contributed by atoms with van der Waals surface area (Å²) in [5.41, 5.74) is 7.02. The zero-order valence-corrected chi connectivity index (χ0v) is 15.4. The molecule has 2 heterocycles. The van der Waals surface area contributed by atoms with Crippen LogP contribution in [0.4, 0.5) is 5.69 Å². The van der Waals surface area contributed by atoms with Crippen molar-refractivity contribution in [2.24, 2.45) is 5.73 Å². The summed E-state index contributed by atoms with van der Waals surface area (Å²) < 4.78 is 0. The number of nitrogens with zero attached hydrogens (tertiary/aromatic N) is 3. The van der Waals surface area contributed by atoms with Crippen LogP contribution in [0.5, 0.6) is 0 Å². The molecular formula is C17H22N6O2S. The van der Waals surface area contributed by atoms with Gasteiger partial charge in [0.15, 0.2) is 5.82 Å². The highest BCUT2D eigenvalue weighted by Gasteiger charge is 2.34. The minimum absolute atomic E-state index is 0.0355. The first-order valence-corrected chi connectivity index (χ1v) is 9.67. The van der Waals surface area contributed by atoms with E-state index in [0.717, 1.165) is 12.0 Å². The van der Waals surface area contributed by atoms with E-state index < -0.39 is 6.04 Å². The Morgan fingerprint density at radius 3 is 2.81 bits per heavy atom. The van der Waals surface area contributed by atoms with Crippen LogP contribution in [0.3, 0.4) is 0 Å². The number of aromatic amines is 1. The van der Waals surface area contributed by atoms with Gasteiger partial charge in [-0.1, -0.05) is 6.92 Å². The Labute approximate surface area is 155 Å². The first-order chi connectivity index (χ1) is 12.6. The van der Waals surface area contributed by atoms with Crippen molar-refractivity contribution < 1.29 is 9.59 Å². The number of aromatic nitrogens is 3. The fourth-order valence-corrected chi connectivity index (χ4v) is 3.89. The van der Waals surface area contributed by atoms with E-state index in [2.05, 4.69) is 20.5 Å². The highest BCUT2D eigenvalue weighted by Crippen LogP contribution is 2.24. The number of nitrogens with one attached hydrogen (secondary N) is 2. The molecule has 4 N–H and O–H groups in total. The Bertz CT molecular complexity index is 776. The summed E-state index contributed by atoms with van der Waals surface area (Å²) in [5, 5.41) is 9.77. The van der Waals surface area contributed by atoms with Gasteiger partial charge in [0.1, 0.15) is 11.9 Å². The lowest BCUT2D eigenvalue weighted by atomic mass is 10.2. The van der Waals surface area contributed by atoms with Crippen LogP contribution < -0.4 is 11.1 Å². The Morgan fingerprint density at radius 2 is 2.15 bits per heavy atom. The second-order valence-electron chi connectivity index (χ2n) is 6.01. The van der Waals surface area contributed by atoms with Gasteiger partial charge in [0, 0.05) is 23.4 Å². The van der Waals surface area contributed by atoms with E-state index in [9.17, 15) is 9.59 Å². The van der Waals surface area contributed by atoms with Crippen molar-refractivity contribution in [1.82, 2.24) is 20.1 Å². The monoisotopic (exact) mass is 374 g/mol. The molecule has 26 heavy (non-hydrogen) atoms. The van der Waals surface area contributed by atoms with Gasteiger partial charge in [-0.2, -0.15) is 5.10 Å². The zero-order valence-electron chi connectivity index (χ0n) is 14.6. The van der Waals surface area contributed by atoms with Crippen LogP contribution >= 0.6 is 11.8 Å². The van der Waals surface area contributed by atoms with Gasteiger partial charge >= 0.3 is 0 Å². The van der Waals surface area contributed by atoms with E-state index >= 15 is 0 Å². The summed E-state index contributed by atoms with van der Waals surface area (Å²) in [4.78, 5) is 30.7. The molecule has 2 amide bonds. The maximum Gasteiger partial charge on any atom is 0.248 e. The first-order valence-electron chi connectivity index (χ1n) is 8.52. The molecule has 2 aromatic rings. The molecular weight excluding hydrogens is 352 g/mol. The second kappa shape index (κ2) is 8.33. The van der Waals surface area contributed by atoms with Gasteiger partial charge < -0.3 is 16.0 Å². The zero-order chi connectivity index (χ0) is 18.5. The van der Waals surface area contributed by atoms with Crippen LogP contribution in [-0.2, 0) is 16.1 Å². The van der Waals surface area contributed by atoms with Gasteiger partial charge in [0.05, 0.1) is 12.4 Å². The van der Waals surface area contributed by atoms with Crippen molar-refractivity contribution in [3.8, 4) is 11.4 Å². The second-order valence-corrected chi connectivity index (χ2v) is 7.01. The van der Waals surface area contributed by atoms with Gasteiger partial charge in [0.2, 0.25) is 11.8 Å². The lowest BCUT2D eigenvalue weighted by Gasteiger charge is -2.23. The maximum absolute atomic E-state index is 12.6. The molecule has 1 aromatic carbocycles. The van der Waals surface area contributed by atoms with Crippen LogP contribution in [-0.4, -0.2) is 49.6 Å². The van der Waals surface area contributed by atoms with E-state index in [1.54, 1.807) is 28.8 Å². The smallest absolute Gasteiger partial charge is 0.248 e. The molecule has 1 atom stereocenters. The van der Waals surface area contributed by atoms with Crippen LogP contribution in [0.25, 0.3) is 11.4 Å². The lowest BCUT2D eigenvalue weighted by Crippen LogP contribution is -2.44. The molecule has 0 radical (unpaired) electrons. The normalized spacial score (nSPS) is 16.7. The van der Waals surface area contributed by atoms with Gasteiger partial charge in [-0.05, 0) is 30.7 Å². The van der Waals surface area contributed by atoms with Crippen LogP contribution in [0.15, 0.2) is 24.3 Å². The minimum atomic E-state index is -0.418. The van der Waals surface area contributed by atoms with Crippen molar-refractivity contribution >= 4 is 29.3 Å². The third-order valence-corrected chi connectivity index (χ3v) is 5.12. The number of H-pyrrole nitrogens is 1. The largest absolute Gasteiger partial charge is 0.324 e. The fourth-order valence-electron chi connectivity index (χ4n) is 2.71. The van der Waals surface area contributed by atoms with Crippen LogP contribution in [0, 0.1) is 0 Å². The van der Waals surface area contributed by atoms with Gasteiger partial charge in [-0.3, -0.25) is 14.7 Å². The molecule has 0 saturated carbocycles. The topological polar surface area (TPSA) is 117 Å². The van der Waals surface area contributed by atoms with E-state index in [1.165, 1.54) is 0 Å². The average molecular weight is 374 g/mol. The molecule has 138 valence electrons. The highest BCUT2D eigenvalue weighted by molar-refractivity contribution is 7.99. The van der Waals surface area contributed by atoms with E-state index in [-0.39, 0.29) is 11.8 Å². The van der Waals surface area contributed by atoms with Crippen molar-refractivity contribution in [2.45, 2.75) is 32.4 Å². The van der Waals surface area contributed by atoms with E-state index in [1.807, 2.05) is 19.1 Å². The average Bonchev–Trinajstić information content (AvgIpc) is 3.32. The van der Waals surface area contributed by atoms with Crippen LogP contribution in [0.2, 0.25) is 0 Å². The minimum Gasteiger partial charge on any atom is -0.324 e. The van der Waals surface area contributed by atoms with Crippen molar-refractivity contribution in [2.75, 3.05) is 16.9 Å². The summed E-state index contributed by atoms with van der Waals surface area (Å²) in [5.74, 6) is 2.26. The summed E-state index contributed by atoms with van der Waals surface area (Å²) in [6.45, 7) is 2.26. The number of thioether (sulfide) groups is 1. The number of carbonyl (C=O) groups excluding carboxylic acids is 2. The maximum atomic E-state index is 12.6. The predicted molar refractivity (Wildman–Crippen MR) is 101 cm³/mol. The van der Waals surface area contributed by atoms with E-state index in [0.29, 0.717) is 41.9 Å². The number of hydrogen-bond acceptors (Lipinski definition) is 6. The molecule has 3 rings (SSSR count). The summed E-state index contributed by atoms with van der Waals surface area (Å²) >= 11 is 1.60. The Morgan fingerprint density at radius 1 is 1.38 bits per heavy atom. The number of nitrogens with two attached hydrogens (primary N) is 1. The number of carbonyl (C=O) groups is 2. The highest BCUT2D eigenvalue weighted by atomic mass is 32.2. The van der Waals surface area contributed by atoms with E-state index in [4.69, 9.17) is 5.73 Å². The van der Waals surface area contributed by atoms with Crippen LogP contribution in [0.1, 0.15) is 25.6 Å². The quantitative estimate of drug-likeness (QED) is 0.706. The molecule has 9 heteroatoms.